The summed E-state index contributed by atoms with van der Waals surface area (Å²) in [7, 11) is 0. The van der Waals surface area contributed by atoms with E-state index in [1.54, 1.807) is 42.5 Å². The van der Waals surface area contributed by atoms with Gasteiger partial charge < -0.3 is 9.47 Å². The van der Waals surface area contributed by atoms with Gasteiger partial charge in [-0.25, -0.2) is 0 Å². The van der Waals surface area contributed by atoms with Crippen LogP contribution in [0.3, 0.4) is 0 Å². The third-order valence-corrected chi connectivity index (χ3v) is 5.24. The van der Waals surface area contributed by atoms with Gasteiger partial charge in [-0.15, -0.1) is 0 Å². The molecule has 2 rings (SSSR count). The van der Waals surface area contributed by atoms with E-state index in [0.717, 1.165) is 23.7 Å². The zero-order valence-electron chi connectivity index (χ0n) is 19.1. The summed E-state index contributed by atoms with van der Waals surface area (Å²) in [6.45, 7) is 7.47. The third-order valence-electron chi connectivity index (χ3n) is 4.54. The SMILES string of the molecule is CCCCOc1ccc(Br)cc1C(=O)NC(=S)NNC(=O)c1ccc(OCCC(C)C)cc1. The Morgan fingerprint density at radius 3 is 2.39 bits per heavy atom. The van der Waals surface area contributed by atoms with Crippen LogP contribution in [0.4, 0.5) is 0 Å². The average molecular weight is 536 g/mol. The van der Waals surface area contributed by atoms with Crippen molar-refractivity contribution in [3.63, 3.8) is 0 Å². The summed E-state index contributed by atoms with van der Waals surface area (Å²) in [6.07, 6.45) is 2.83. The lowest BCUT2D eigenvalue weighted by Gasteiger charge is -2.14. The number of unbranched alkanes of at least 4 members (excludes halogenated alkanes) is 1. The molecule has 0 aliphatic heterocycles. The first kappa shape index (κ1) is 26.6. The fraction of sp³-hybridized carbons (Fsp3) is 0.375. The maximum absolute atomic E-state index is 12.7. The molecule has 33 heavy (non-hydrogen) atoms. The first-order chi connectivity index (χ1) is 15.8. The van der Waals surface area contributed by atoms with Crippen molar-refractivity contribution < 1.29 is 19.1 Å². The van der Waals surface area contributed by atoms with E-state index in [9.17, 15) is 9.59 Å². The number of carbonyl (C=O) groups is 2. The fourth-order valence-corrected chi connectivity index (χ4v) is 3.14. The molecular weight excluding hydrogens is 506 g/mol. The summed E-state index contributed by atoms with van der Waals surface area (Å²) in [6, 6.07) is 12.0. The van der Waals surface area contributed by atoms with Crippen molar-refractivity contribution in [3.8, 4) is 11.5 Å². The highest BCUT2D eigenvalue weighted by atomic mass is 79.9. The molecule has 3 N–H and O–H groups in total. The van der Waals surface area contributed by atoms with E-state index < -0.39 is 11.8 Å². The molecule has 0 radical (unpaired) electrons. The second-order valence-corrected chi connectivity index (χ2v) is 9.08. The van der Waals surface area contributed by atoms with E-state index in [1.807, 2.05) is 0 Å². The van der Waals surface area contributed by atoms with Crippen LogP contribution in [-0.2, 0) is 0 Å². The van der Waals surface area contributed by atoms with Crippen LogP contribution < -0.4 is 25.6 Å². The molecule has 0 bridgehead atoms. The summed E-state index contributed by atoms with van der Waals surface area (Å²) in [5.74, 6) is 0.887. The standard InChI is InChI=1S/C24H30BrN3O4S/c1-4-5-13-32-21-11-8-18(25)15-20(21)23(30)26-24(33)28-27-22(29)17-6-9-19(10-7-17)31-14-12-16(2)3/h6-11,15-16H,4-5,12-14H2,1-3H3,(H,27,29)(H2,26,28,30,33). The van der Waals surface area contributed by atoms with E-state index >= 15 is 0 Å². The Kier molecular flexibility index (Phi) is 11.1. The minimum atomic E-state index is -0.447. The largest absolute Gasteiger partial charge is 0.494 e. The summed E-state index contributed by atoms with van der Waals surface area (Å²) in [5, 5.41) is 2.51. The van der Waals surface area contributed by atoms with E-state index in [0.29, 0.717) is 41.8 Å². The summed E-state index contributed by atoms with van der Waals surface area (Å²) < 4.78 is 12.1. The number of rotatable bonds is 10. The molecule has 9 heteroatoms. The normalized spacial score (nSPS) is 10.5. The number of ether oxygens (including phenoxy) is 2. The zero-order valence-corrected chi connectivity index (χ0v) is 21.5. The fourth-order valence-electron chi connectivity index (χ4n) is 2.63. The molecule has 7 nitrogen and oxygen atoms in total. The lowest BCUT2D eigenvalue weighted by Crippen LogP contribution is -2.48. The third kappa shape index (κ3) is 9.39. The number of benzene rings is 2. The van der Waals surface area contributed by atoms with Crippen LogP contribution in [0.5, 0.6) is 11.5 Å². The highest BCUT2D eigenvalue weighted by molar-refractivity contribution is 9.10. The number of hydrogen-bond acceptors (Lipinski definition) is 5. The van der Waals surface area contributed by atoms with Crippen LogP contribution in [0.25, 0.3) is 0 Å². The zero-order chi connectivity index (χ0) is 24.2. The van der Waals surface area contributed by atoms with Crippen LogP contribution in [0.15, 0.2) is 46.9 Å². The maximum atomic E-state index is 12.7. The van der Waals surface area contributed by atoms with Crippen LogP contribution in [-0.4, -0.2) is 30.1 Å². The smallest absolute Gasteiger partial charge is 0.269 e. The quantitative estimate of drug-likeness (QED) is 0.225. The van der Waals surface area contributed by atoms with Crippen LogP contribution in [0.2, 0.25) is 0 Å². The molecule has 178 valence electrons. The molecule has 2 aromatic carbocycles. The van der Waals surface area contributed by atoms with Gasteiger partial charge in [0.25, 0.3) is 11.8 Å². The van der Waals surface area contributed by atoms with Crippen molar-refractivity contribution in [2.24, 2.45) is 5.92 Å². The molecular formula is C24H30BrN3O4S. The second kappa shape index (κ2) is 13.8. The first-order valence-electron chi connectivity index (χ1n) is 10.9. The van der Waals surface area contributed by atoms with Gasteiger partial charge in [-0.1, -0.05) is 43.1 Å². The van der Waals surface area contributed by atoms with Crippen LogP contribution in [0.1, 0.15) is 60.7 Å². The Morgan fingerprint density at radius 1 is 1.00 bits per heavy atom. The van der Waals surface area contributed by atoms with Crippen molar-refractivity contribution >= 4 is 45.1 Å². The van der Waals surface area contributed by atoms with Crippen molar-refractivity contribution in [3.05, 3.63) is 58.1 Å². The van der Waals surface area contributed by atoms with Crippen molar-refractivity contribution in [2.75, 3.05) is 13.2 Å². The molecule has 0 unspecified atom stereocenters. The van der Waals surface area contributed by atoms with Gasteiger partial charge in [-0.3, -0.25) is 25.8 Å². The van der Waals surface area contributed by atoms with Gasteiger partial charge in [-0.2, -0.15) is 0 Å². The minimum Gasteiger partial charge on any atom is -0.494 e. The van der Waals surface area contributed by atoms with Crippen molar-refractivity contribution in [2.45, 2.75) is 40.0 Å². The number of amides is 2. The Hall–Kier alpha value is -2.65. The lowest BCUT2D eigenvalue weighted by atomic mass is 10.1. The number of hydrazine groups is 1. The minimum absolute atomic E-state index is 0.0403. The van der Waals surface area contributed by atoms with Gasteiger partial charge >= 0.3 is 0 Å². The molecule has 2 aromatic rings. The van der Waals surface area contributed by atoms with Crippen molar-refractivity contribution in [1.29, 1.82) is 0 Å². The predicted octanol–water partition coefficient (Wildman–Crippen LogP) is 5.00. The molecule has 0 saturated carbocycles. The molecule has 0 fully saturated rings. The van der Waals surface area contributed by atoms with Gasteiger partial charge in [0.05, 0.1) is 18.8 Å². The van der Waals surface area contributed by atoms with E-state index in [1.165, 1.54) is 0 Å². The summed E-state index contributed by atoms with van der Waals surface area (Å²) in [5.41, 5.74) is 5.78. The summed E-state index contributed by atoms with van der Waals surface area (Å²) in [4.78, 5) is 25.0. The van der Waals surface area contributed by atoms with Gasteiger partial charge in [0.15, 0.2) is 5.11 Å². The highest BCUT2D eigenvalue weighted by Gasteiger charge is 2.15. The number of thiocarbonyl (C=S) groups is 1. The topological polar surface area (TPSA) is 88.7 Å². The second-order valence-electron chi connectivity index (χ2n) is 7.76. The monoisotopic (exact) mass is 535 g/mol. The Morgan fingerprint density at radius 2 is 1.73 bits per heavy atom. The number of hydrogen-bond donors (Lipinski definition) is 3. The Labute approximate surface area is 208 Å². The Bertz CT molecular complexity index is 951. The number of halogens is 1. The number of nitrogens with one attached hydrogen (secondary N) is 3. The number of carbonyl (C=O) groups excluding carboxylic acids is 2. The van der Waals surface area contributed by atoms with Gasteiger partial charge in [0, 0.05) is 10.0 Å². The van der Waals surface area contributed by atoms with Gasteiger partial charge in [-0.05, 0) is 73.4 Å². The Balaban J connectivity index is 1.86. The maximum Gasteiger partial charge on any atom is 0.269 e. The van der Waals surface area contributed by atoms with Gasteiger partial charge in [0.2, 0.25) is 0 Å². The van der Waals surface area contributed by atoms with Gasteiger partial charge in [0.1, 0.15) is 11.5 Å². The van der Waals surface area contributed by atoms with Crippen LogP contribution >= 0.6 is 28.1 Å². The predicted molar refractivity (Wildman–Crippen MR) is 137 cm³/mol. The lowest BCUT2D eigenvalue weighted by molar-refractivity contribution is 0.0933. The molecule has 0 heterocycles. The summed E-state index contributed by atoms with van der Waals surface area (Å²) >= 11 is 8.50. The van der Waals surface area contributed by atoms with Crippen LogP contribution in [0, 0.1) is 5.92 Å². The molecule has 2 amide bonds. The van der Waals surface area contributed by atoms with Crippen molar-refractivity contribution in [1.82, 2.24) is 16.2 Å². The first-order valence-corrected chi connectivity index (χ1v) is 12.1. The molecule has 0 atom stereocenters. The molecule has 0 spiro atoms. The average Bonchev–Trinajstić information content (AvgIpc) is 2.78. The van der Waals surface area contributed by atoms with E-state index in [4.69, 9.17) is 21.7 Å². The molecule has 0 saturated heterocycles. The molecule has 0 aliphatic rings. The van der Waals surface area contributed by atoms with E-state index in [-0.39, 0.29) is 5.11 Å². The molecule has 0 aromatic heterocycles. The molecule has 0 aliphatic carbocycles. The van der Waals surface area contributed by atoms with E-state index in [2.05, 4.69) is 52.9 Å². The highest BCUT2D eigenvalue weighted by Crippen LogP contribution is 2.23.